The number of rotatable bonds is 8. The predicted molar refractivity (Wildman–Crippen MR) is 72.2 cm³/mol. The van der Waals surface area contributed by atoms with Crippen molar-refractivity contribution in [2.24, 2.45) is 5.92 Å². The van der Waals surface area contributed by atoms with Gasteiger partial charge in [0.2, 0.25) is 5.91 Å². The van der Waals surface area contributed by atoms with Crippen LogP contribution in [0.5, 0.6) is 0 Å². The molecule has 0 aromatic carbocycles. The number of aliphatic carboxylic acids is 2. The lowest BCUT2D eigenvalue weighted by Gasteiger charge is -2.22. The van der Waals surface area contributed by atoms with E-state index < -0.39 is 18.0 Å². The van der Waals surface area contributed by atoms with Crippen molar-refractivity contribution in [3.05, 3.63) is 0 Å². The molecule has 1 atom stereocenters. The Hall–Kier alpha value is -1.59. The number of carbonyl (C=O) groups excluding carboxylic acids is 1. The van der Waals surface area contributed by atoms with E-state index in [1.165, 1.54) is 6.42 Å². The van der Waals surface area contributed by atoms with Gasteiger partial charge in [-0.15, -0.1) is 0 Å². The van der Waals surface area contributed by atoms with Crippen LogP contribution < -0.4 is 5.32 Å². The van der Waals surface area contributed by atoms with Crippen molar-refractivity contribution >= 4 is 17.8 Å². The van der Waals surface area contributed by atoms with Gasteiger partial charge in [-0.2, -0.15) is 0 Å². The van der Waals surface area contributed by atoms with E-state index in [1.807, 2.05) is 0 Å². The van der Waals surface area contributed by atoms with Crippen molar-refractivity contribution < 1.29 is 24.6 Å². The Morgan fingerprint density at radius 1 is 1.10 bits per heavy atom. The highest BCUT2D eigenvalue weighted by Crippen LogP contribution is 2.26. The third-order valence-corrected chi connectivity index (χ3v) is 3.72. The minimum atomic E-state index is -1.10. The van der Waals surface area contributed by atoms with Gasteiger partial charge in [0.1, 0.15) is 6.04 Å². The number of nitrogens with one attached hydrogen (secondary N) is 1. The second-order valence-corrected chi connectivity index (χ2v) is 5.45. The molecule has 0 aromatic rings. The molecule has 20 heavy (non-hydrogen) atoms. The van der Waals surface area contributed by atoms with E-state index in [0.717, 1.165) is 25.7 Å². The van der Waals surface area contributed by atoms with Gasteiger partial charge >= 0.3 is 11.9 Å². The fraction of sp³-hybridized carbons (Fsp3) is 0.786. The summed E-state index contributed by atoms with van der Waals surface area (Å²) in [5.74, 6) is -1.94. The molecule has 0 radical (unpaired) electrons. The van der Waals surface area contributed by atoms with E-state index in [1.54, 1.807) is 0 Å². The Balaban J connectivity index is 2.33. The topological polar surface area (TPSA) is 104 Å². The van der Waals surface area contributed by atoms with E-state index in [4.69, 9.17) is 10.2 Å². The van der Waals surface area contributed by atoms with Gasteiger partial charge in [0.25, 0.3) is 0 Å². The maximum Gasteiger partial charge on any atom is 0.326 e. The molecule has 6 nitrogen and oxygen atoms in total. The van der Waals surface area contributed by atoms with Gasteiger partial charge in [-0.05, 0) is 31.6 Å². The van der Waals surface area contributed by atoms with Gasteiger partial charge in [0.05, 0.1) is 0 Å². The first-order valence-electron chi connectivity index (χ1n) is 7.23. The zero-order valence-electron chi connectivity index (χ0n) is 11.6. The number of hydrogen-bond acceptors (Lipinski definition) is 3. The summed E-state index contributed by atoms with van der Waals surface area (Å²) < 4.78 is 0. The van der Waals surface area contributed by atoms with Crippen molar-refractivity contribution in [2.75, 3.05) is 0 Å². The lowest BCUT2D eigenvalue weighted by Crippen LogP contribution is -2.41. The fourth-order valence-corrected chi connectivity index (χ4v) is 2.62. The lowest BCUT2D eigenvalue weighted by atomic mass is 9.87. The molecular formula is C14H23NO5. The van der Waals surface area contributed by atoms with Crippen molar-refractivity contribution in [3.8, 4) is 0 Å². The average Bonchev–Trinajstić information content (AvgIpc) is 2.38. The molecule has 0 unspecified atom stereocenters. The molecule has 0 saturated heterocycles. The molecule has 1 aliphatic rings. The van der Waals surface area contributed by atoms with Crippen molar-refractivity contribution in [1.29, 1.82) is 0 Å². The number of carboxylic acids is 2. The molecule has 1 aliphatic carbocycles. The Morgan fingerprint density at radius 3 is 2.30 bits per heavy atom. The summed E-state index contributed by atoms with van der Waals surface area (Å²) in [5.41, 5.74) is 0. The highest BCUT2D eigenvalue weighted by Gasteiger charge is 2.22. The standard InChI is InChI=1S/C14H23NO5/c16-12(9-10-5-2-1-3-6-10)15-11(14(19)20)7-4-8-13(17)18/h10-11H,1-9H2,(H,15,16)(H,17,18)(H,19,20)/t11-/m1/s1. The molecule has 6 heteroatoms. The van der Waals surface area contributed by atoms with Gasteiger partial charge in [0.15, 0.2) is 0 Å². The summed E-state index contributed by atoms with van der Waals surface area (Å²) in [4.78, 5) is 33.3. The first-order chi connectivity index (χ1) is 9.49. The van der Waals surface area contributed by atoms with Crippen molar-refractivity contribution in [1.82, 2.24) is 5.32 Å². The zero-order valence-corrected chi connectivity index (χ0v) is 11.6. The second-order valence-electron chi connectivity index (χ2n) is 5.45. The summed E-state index contributed by atoms with van der Waals surface area (Å²) in [5, 5.41) is 20.1. The molecule has 3 N–H and O–H groups in total. The molecule has 0 aromatic heterocycles. The first kappa shape index (κ1) is 16.5. The summed E-state index contributed by atoms with van der Waals surface area (Å²) >= 11 is 0. The SMILES string of the molecule is O=C(O)CCC[C@@H](NC(=O)CC1CCCCC1)C(=O)O. The summed E-state index contributed by atoms with van der Waals surface area (Å²) in [6.07, 6.45) is 6.25. The number of amides is 1. The molecule has 1 amide bonds. The molecule has 0 aliphatic heterocycles. The molecule has 1 rings (SSSR count). The largest absolute Gasteiger partial charge is 0.481 e. The number of hydrogen-bond donors (Lipinski definition) is 3. The summed E-state index contributed by atoms with van der Waals surface area (Å²) in [6.45, 7) is 0. The summed E-state index contributed by atoms with van der Waals surface area (Å²) in [7, 11) is 0. The number of carboxylic acid groups (broad SMARTS) is 2. The third kappa shape index (κ3) is 6.54. The van der Waals surface area contributed by atoms with Gasteiger partial charge < -0.3 is 15.5 Å². The van der Waals surface area contributed by atoms with Gasteiger partial charge in [0, 0.05) is 12.8 Å². The Bertz CT molecular complexity index is 349. The minimum absolute atomic E-state index is 0.0811. The van der Waals surface area contributed by atoms with E-state index >= 15 is 0 Å². The van der Waals surface area contributed by atoms with Crippen LogP contribution >= 0.6 is 0 Å². The molecule has 0 spiro atoms. The molecular weight excluding hydrogens is 262 g/mol. The normalized spacial score (nSPS) is 17.4. The van der Waals surface area contributed by atoms with E-state index in [-0.39, 0.29) is 25.2 Å². The van der Waals surface area contributed by atoms with Crippen LogP contribution in [0.3, 0.4) is 0 Å². The van der Waals surface area contributed by atoms with Crippen LogP contribution in [0.4, 0.5) is 0 Å². The third-order valence-electron chi connectivity index (χ3n) is 3.72. The molecule has 1 fully saturated rings. The fourth-order valence-electron chi connectivity index (χ4n) is 2.62. The van der Waals surface area contributed by atoms with Gasteiger partial charge in [-0.3, -0.25) is 9.59 Å². The number of carbonyl (C=O) groups is 3. The zero-order chi connectivity index (χ0) is 15.0. The van der Waals surface area contributed by atoms with Crippen LogP contribution in [0.15, 0.2) is 0 Å². The highest BCUT2D eigenvalue weighted by atomic mass is 16.4. The van der Waals surface area contributed by atoms with E-state index in [2.05, 4.69) is 5.32 Å². The van der Waals surface area contributed by atoms with Crippen LogP contribution in [0.1, 0.15) is 57.8 Å². The van der Waals surface area contributed by atoms with Crippen LogP contribution in [0.25, 0.3) is 0 Å². The molecule has 1 saturated carbocycles. The van der Waals surface area contributed by atoms with Gasteiger partial charge in [-0.25, -0.2) is 4.79 Å². The van der Waals surface area contributed by atoms with Crippen LogP contribution in [0, 0.1) is 5.92 Å². The minimum Gasteiger partial charge on any atom is -0.481 e. The average molecular weight is 285 g/mol. The maximum atomic E-state index is 11.8. The van der Waals surface area contributed by atoms with Crippen LogP contribution in [-0.2, 0) is 14.4 Å². The molecule has 114 valence electrons. The quantitative estimate of drug-likeness (QED) is 0.630. The Labute approximate surface area is 118 Å². The van der Waals surface area contributed by atoms with Crippen LogP contribution in [0.2, 0.25) is 0 Å². The smallest absolute Gasteiger partial charge is 0.326 e. The van der Waals surface area contributed by atoms with Crippen molar-refractivity contribution in [2.45, 2.75) is 63.8 Å². The highest BCUT2D eigenvalue weighted by molar-refractivity contribution is 5.83. The Morgan fingerprint density at radius 2 is 1.75 bits per heavy atom. The van der Waals surface area contributed by atoms with Gasteiger partial charge in [-0.1, -0.05) is 19.3 Å². The molecule has 0 bridgehead atoms. The summed E-state index contributed by atoms with van der Waals surface area (Å²) in [6, 6.07) is -0.981. The Kier molecular flexibility index (Phi) is 7.04. The first-order valence-corrected chi connectivity index (χ1v) is 7.23. The predicted octanol–water partition coefficient (Wildman–Crippen LogP) is 1.78. The second kappa shape index (κ2) is 8.55. The van der Waals surface area contributed by atoms with Crippen LogP contribution in [-0.4, -0.2) is 34.1 Å². The van der Waals surface area contributed by atoms with Crippen molar-refractivity contribution in [3.63, 3.8) is 0 Å². The van der Waals surface area contributed by atoms with E-state index in [0.29, 0.717) is 12.3 Å². The lowest BCUT2D eigenvalue weighted by molar-refractivity contribution is -0.142. The molecule has 0 heterocycles. The maximum absolute atomic E-state index is 11.8. The van der Waals surface area contributed by atoms with E-state index in [9.17, 15) is 14.4 Å². The monoisotopic (exact) mass is 285 g/mol.